The predicted molar refractivity (Wildman–Crippen MR) is 43.6 cm³/mol. The second-order valence-corrected chi connectivity index (χ2v) is 3.36. The number of hydrogen-bond acceptors (Lipinski definition) is 1. The lowest BCUT2D eigenvalue weighted by Gasteiger charge is -2.32. The van der Waals surface area contributed by atoms with Gasteiger partial charge >= 0.3 is 0 Å². The van der Waals surface area contributed by atoms with E-state index in [2.05, 4.69) is 37.6 Å². The van der Waals surface area contributed by atoms with E-state index in [4.69, 9.17) is 0 Å². The lowest BCUT2D eigenvalue weighted by atomic mass is 10.0. The molecule has 10 heavy (non-hydrogen) atoms. The van der Waals surface area contributed by atoms with E-state index in [1.54, 1.807) is 0 Å². The summed E-state index contributed by atoms with van der Waals surface area (Å²) < 4.78 is 0. The maximum Gasteiger partial charge on any atom is 0.0457 e. The molecule has 0 amide bonds. The first kappa shape index (κ1) is 7.63. The summed E-state index contributed by atoms with van der Waals surface area (Å²) >= 11 is 0. The molecular formula is C9H15N. The van der Waals surface area contributed by atoms with Crippen LogP contribution >= 0.6 is 0 Å². The fraction of sp³-hybridized carbons (Fsp3) is 0.778. The zero-order valence-electron chi connectivity index (χ0n) is 7.02. The maximum absolute atomic E-state index is 3.26. The van der Waals surface area contributed by atoms with Gasteiger partial charge in [0.25, 0.3) is 0 Å². The van der Waals surface area contributed by atoms with Gasteiger partial charge in [-0.2, -0.15) is 0 Å². The average Bonchev–Trinajstić information content (AvgIpc) is 1.77. The molecule has 56 valence electrons. The zero-order valence-corrected chi connectivity index (χ0v) is 7.02. The predicted octanol–water partition coefficient (Wildman–Crippen LogP) is 1.21. The Bertz CT molecular complexity index is 155. The Labute approximate surface area is 63.4 Å². The average molecular weight is 137 g/mol. The van der Waals surface area contributed by atoms with Gasteiger partial charge in [0.1, 0.15) is 0 Å². The highest BCUT2D eigenvalue weighted by molar-refractivity contribution is 5.09. The normalized spacial score (nSPS) is 20.0. The lowest BCUT2D eigenvalue weighted by molar-refractivity contribution is 0.176. The molecule has 1 saturated heterocycles. The van der Waals surface area contributed by atoms with Gasteiger partial charge in [-0.1, -0.05) is 19.8 Å². The van der Waals surface area contributed by atoms with Crippen LogP contribution in [-0.4, -0.2) is 25.0 Å². The molecule has 0 aromatic heterocycles. The smallest absolute Gasteiger partial charge is 0.0457 e. The van der Waals surface area contributed by atoms with Crippen LogP contribution in [0.2, 0.25) is 0 Å². The first-order chi connectivity index (χ1) is 4.68. The van der Waals surface area contributed by atoms with Crippen LogP contribution in [-0.2, 0) is 0 Å². The van der Waals surface area contributed by atoms with Gasteiger partial charge in [-0.25, -0.2) is 0 Å². The van der Waals surface area contributed by atoms with E-state index < -0.39 is 0 Å². The summed E-state index contributed by atoms with van der Waals surface area (Å²) in [5.41, 5.74) is 0. The van der Waals surface area contributed by atoms with E-state index in [0.717, 1.165) is 0 Å². The highest BCUT2D eigenvalue weighted by Gasteiger charge is 2.20. The standard InChI is InChI=1S/C9H15N/c1-8(2)4-5-9-6-10(3)7-9/h8-9H,6-7H2,1-3H3. The molecular weight excluding hydrogens is 122 g/mol. The van der Waals surface area contributed by atoms with Crippen molar-refractivity contribution < 1.29 is 0 Å². The Balaban J connectivity index is 2.23. The molecule has 1 fully saturated rings. The molecule has 0 atom stereocenters. The zero-order chi connectivity index (χ0) is 7.56. The van der Waals surface area contributed by atoms with Crippen molar-refractivity contribution in [2.45, 2.75) is 13.8 Å². The van der Waals surface area contributed by atoms with E-state index in [0.29, 0.717) is 11.8 Å². The van der Waals surface area contributed by atoms with Crippen molar-refractivity contribution in [1.29, 1.82) is 0 Å². The van der Waals surface area contributed by atoms with E-state index in [-0.39, 0.29) is 0 Å². The summed E-state index contributed by atoms with van der Waals surface area (Å²) in [4.78, 5) is 2.29. The number of hydrogen-bond donors (Lipinski definition) is 0. The molecule has 1 aliphatic rings. The summed E-state index contributed by atoms with van der Waals surface area (Å²) in [5, 5.41) is 0. The molecule has 1 nitrogen and oxygen atoms in total. The van der Waals surface area contributed by atoms with Gasteiger partial charge in [0.05, 0.1) is 0 Å². The minimum Gasteiger partial charge on any atom is -0.304 e. The van der Waals surface area contributed by atoms with Crippen LogP contribution in [0.25, 0.3) is 0 Å². The largest absolute Gasteiger partial charge is 0.304 e. The second kappa shape index (κ2) is 3.07. The second-order valence-electron chi connectivity index (χ2n) is 3.36. The number of rotatable bonds is 0. The summed E-state index contributed by atoms with van der Waals surface area (Å²) in [5.74, 6) is 7.64. The molecule has 0 aromatic rings. The minimum atomic E-state index is 0.533. The van der Waals surface area contributed by atoms with Crippen molar-refractivity contribution in [1.82, 2.24) is 4.90 Å². The van der Waals surface area contributed by atoms with Gasteiger partial charge in [-0.3, -0.25) is 0 Å². The van der Waals surface area contributed by atoms with Crippen molar-refractivity contribution in [2.24, 2.45) is 11.8 Å². The summed E-state index contributed by atoms with van der Waals surface area (Å²) in [6.07, 6.45) is 0. The van der Waals surface area contributed by atoms with Gasteiger partial charge in [-0.15, -0.1) is 5.92 Å². The Kier molecular flexibility index (Phi) is 2.34. The molecule has 0 aliphatic carbocycles. The van der Waals surface area contributed by atoms with Crippen LogP contribution in [0.3, 0.4) is 0 Å². The molecule has 1 heterocycles. The van der Waals surface area contributed by atoms with Crippen molar-refractivity contribution in [3.05, 3.63) is 0 Å². The third-order valence-corrected chi connectivity index (χ3v) is 1.64. The Hall–Kier alpha value is -0.480. The van der Waals surface area contributed by atoms with Crippen LogP contribution in [0.1, 0.15) is 13.8 Å². The first-order valence-electron chi connectivity index (χ1n) is 3.88. The van der Waals surface area contributed by atoms with Gasteiger partial charge in [-0.05, 0) is 7.05 Å². The van der Waals surface area contributed by atoms with Gasteiger partial charge in [0.2, 0.25) is 0 Å². The molecule has 0 N–H and O–H groups in total. The minimum absolute atomic E-state index is 0.533. The third-order valence-electron chi connectivity index (χ3n) is 1.64. The van der Waals surface area contributed by atoms with Crippen molar-refractivity contribution in [2.75, 3.05) is 20.1 Å². The van der Waals surface area contributed by atoms with Crippen molar-refractivity contribution >= 4 is 0 Å². The van der Waals surface area contributed by atoms with E-state index in [1.807, 2.05) is 0 Å². The van der Waals surface area contributed by atoms with Crippen LogP contribution in [0, 0.1) is 23.7 Å². The molecule has 1 rings (SSSR count). The fourth-order valence-corrected chi connectivity index (χ4v) is 1.07. The third kappa shape index (κ3) is 2.04. The summed E-state index contributed by atoms with van der Waals surface area (Å²) in [6.45, 7) is 6.60. The topological polar surface area (TPSA) is 3.24 Å². The van der Waals surface area contributed by atoms with Gasteiger partial charge in [0.15, 0.2) is 0 Å². The van der Waals surface area contributed by atoms with Crippen LogP contribution in [0.5, 0.6) is 0 Å². The molecule has 0 saturated carbocycles. The number of nitrogens with zero attached hydrogens (tertiary/aromatic N) is 1. The summed E-state index contributed by atoms with van der Waals surface area (Å²) in [7, 11) is 2.13. The Morgan fingerprint density at radius 3 is 2.40 bits per heavy atom. The van der Waals surface area contributed by atoms with Crippen LogP contribution < -0.4 is 0 Å². The quantitative estimate of drug-likeness (QED) is 0.454. The molecule has 0 spiro atoms. The highest BCUT2D eigenvalue weighted by atomic mass is 15.2. The molecule has 0 bridgehead atoms. The van der Waals surface area contributed by atoms with Gasteiger partial charge in [0, 0.05) is 24.9 Å². The fourth-order valence-electron chi connectivity index (χ4n) is 1.07. The van der Waals surface area contributed by atoms with Crippen molar-refractivity contribution in [3.8, 4) is 11.8 Å². The van der Waals surface area contributed by atoms with Crippen LogP contribution in [0.15, 0.2) is 0 Å². The van der Waals surface area contributed by atoms with E-state index in [9.17, 15) is 0 Å². The first-order valence-corrected chi connectivity index (χ1v) is 3.88. The van der Waals surface area contributed by atoms with E-state index >= 15 is 0 Å². The lowest BCUT2D eigenvalue weighted by Crippen LogP contribution is -2.42. The highest BCUT2D eigenvalue weighted by Crippen LogP contribution is 2.10. The SMILES string of the molecule is CC(C)C#CC1CN(C)C1. The molecule has 1 aliphatic heterocycles. The van der Waals surface area contributed by atoms with E-state index in [1.165, 1.54) is 13.1 Å². The molecule has 0 radical (unpaired) electrons. The monoisotopic (exact) mass is 137 g/mol. The Morgan fingerprint density at radius 1 is 1.40 bits per heavy atom. The summed E-state index contributed by atoms with van der Waals surface area (Å²) in [6, 6.07) is 0. The molecule has 1 heteroatoms. The van der Waals surface area contributed by atoms with Crippen LogP contribution in [0.4, 0.5) is 0 Å². The van der Waals surface area contributed by atoms with Crippen molar-refractivity contribution in [3.63, 3.8) is 0 Å². The maximum atomic E-state index is 3.26. The molecule has 0 unspecified atom stereocenters. The number of likely N-dealkylation sites (tertiary alicyclic amines) is 1. The Morgan fingerprint density at radius 2 is 2.00 bits per heavy atom. The van der Waals surface area contributed by atoms with Gasteiger partial charge < -0.3 is 4.90 Å². The molecule has 0 aromatic carbocycles.